The van der Waals surface area contributed by atoms with Gasteiger partial charge in [0.1, 0.15) is 5.75 Å². The van der Waals surface area contributed by atoms with Crippen molar-refractivity contribution in [3.8, 4) is 39.1 Å². The van der Waals surface area contributed by atoms with Gasteiger partial charge in [-0.3, -0.25) is 0 Å². The zero-order chi connectivity index (χ0) is 35.8. The Morgan fingerprint density at radius 3 is 1.56 bits per heavy atom. The van der Waals surface area contributed by atoms with Crippen molar-refractivity contribution in [2.45, 2.75) is 5.41 Å². The fourth-order valence-corrected chi connectivity index (χ4v) is 9.56. The SMILES string of the molecule is COc1ccc(N(c2ccc3c(c2)-c2ccccc2C32c3ccccc3-c3ccccc32)c2ccc3ccccc3c2-c2cccc3ccccc23)cc1. The van der Waals surface area contributed by atoms with Crippen LogP contribution in [0, 0.1) is 0 Å². The highest BCUT2D eigenvalue weighted by Gasteiger charge is 2.51. The van der Waals surface area contributed by atoms with Crippen molar-refractivity contribution < 1.29 is 4.74 Å². The van der Waals surface area contributed by atoms with Gasteiger partial charge in [-0.25, -0.2) is 0 Å². The molecule has 9 aromatic carbocycles. The molecule has 2 heteroatoms. The quantitative estimate of drug-likeness (QED) is 0.178. The average molecular weight is 690 g/mol. The normalized spacial score (nSPS) is 13.1. The van der Waals surface area contributed by atoms with Gasteiger partial charge in [-0.15, -0.1) is 0 Å². The van der Waals surface area contributed by atoms with Crippen LogP contribution in [0.25, 0.3) is 54.9 Å². The molecule has 0 radical (unpaired) electrons. The molecular formula is C52H35NO. The molecule has 0 aliphatic heterocycles. The number of methoxy groups -OCH3 is 1. The molecule has 0 saturated heterocycles. The lowest BCUT2D eigenvalue weighted by molar-refractivity contribution is 0.415. The number of rotatable bonds is 5. The summed E-state index contributed by atoms with van der Waals surface area (Å²) in [4.78, 5) is 2.44. The van der Waals surface area contributed by atoms with Gasteiger partial charge in [0.25, 0.3) is 0 Å². The van der Waals surface area contributed by atoms with Crippen molar-refractivity contribution in [1.82, 2.24) is 0 Å². The van der Waals surface area contributed by atoms with Crippen molar-refractivity contribution in [3.05, 3.63) is 216 Å². The Hall–Kier alpha value is -6.90. The third kappa shape index (κ3) is 4.22. The summed E-state index contributed by atoms with van der Waals surface area (Å²) in [7, 11) is 1.72. The summed E-state index contributed by atoms with van der Waals surface area (Å²) in [5.74, 6) is 0.829. The molecule has 0 heterocycles. The molecule has 0 aromatic heterocycles. The zero-order valence-electron chi connectivity index (χ0n) is 29.8. The van der Waals surface area contributed by atoms with E-state index >= 15 is 0 Å². The van der Waals surface area contributed by atoms with Gasteiger partial charge >= 0.3 is 0 Å². The van der Waals surface area contributed by atoms with Gasteiger partial charge in [0.2, 0.25) is 0 Å². The summed E-state index contributed by atoms with van der Waals surface area (Å²) >= 11 is 0. The number of ether oxygens (including phenoxy) is 1. The van der Waals surface area contributed by atoms with Crippen molar-refractivity contribution in [2.75, 3.05) is 12.0 Å². The van der Waals surface area contributed by atoms with Gasteiger partial charge in [-0.05, 0) is 114 Å². The Bertz CT molecular complexity index is 2890. The van der Waals surface area contributed by atoms with E-state index in [9.17, 15) is 0 Å². The minimum atomic E-state index is -0.389. The molecule has 0 saturated carbocycles. The van der Waals surface area contributed by atoms with Crippen LogP contribution < -0.4 is 9.64 Å². The molecule has 0 atom stereocenters. The Morgan fingerprint density at radius 1 is 0.389 bits per heavy atom. The van der Waals surface area contributed by atoms with Crippen LogP contribution >= 0.6 is 0 Å². The summed E-state index contributed by atoms with van der Waals surface area (Å²) in [6, 6.07) is 71.4. The van der Waals surface area contributed by atoms with Crippen LogP contribution in [0.15, 0.2) is 194 Å². The Labute approximate surface area is 315 Å². The van der Waals surface area contributed by atoms with E-state index in [1.165, 1.54) is 77.2 Å². The lowest BCUT2D eigenvalue weighted by Gasteiger charge is -2.32. The fourth-order valence-electron chi connectivity index (χ4n) is 9.56. The van der Waals surface area contributed by atoms with Gasteiger partial charge in [-0.1, -0.05) is 152 Å². The number of nitrogens with zero attached hydrogens (tertiary/aromatic N) is 1. The van der Waals surface area contributed by atoms with E-state index in [0.717, 1.165) is 22.8 Å². The average Bonchev–Trinajstić information content (AvgIpc) is 3.71. The topological polar surface area (TPSA) is 12.5 Å². The summed E-state index contributed by atoms with van der Waals surface area (Å²) < 4.78 is 5.65. The monoisotopic (exact) mass is 689 g/mol. The molecule has 11 rings (SSSR count). The maximum Gasteiger partial charge on any atom is 0.119 e. The van der Waals surface area contributed by atoms with Crippen LogP contribution in [0.1, 0.15) is 22.3 Å². The highest BCUT2D eigenvalue weighted by Crippen LogP contribution is 2.63. The van der Waals surface area contributed by atoms with Gasteiger partial charge < -0.3 is 9.64 Å². The highest BCUT2D eigenvalue weighted by atomic mass is 16.5. The Balaban J connectivity index is 1.21. The maximum atomic E-state index is 5.65. The van der Waals surface area contributed by atoms with Crippen LogP contribution in [0.3, 0.4) is 0 Å². The van der Waals surface area contributed by atoms with Crippen LogP contribution in [0.4, 0.5) is 17.1 Å². The number of anilines is 3. The molecule has 2 aliphatic carbocycles. The molecule has 254 valence electrons. The number of hydrogen-bond acceptors (Lipinski definition) is 2. The van der Waals surface area contributed by atoms with E-state index in [1.54, 1.807) is 7.11 Å². The molecule has 0 unspecified atom stereocenters. The van der Waals surface area contributed by atoms with Crippen molar-refractivity contribution in [1.29, 1.82) is 0 Å². The zero-order valence-corrected chi connectivity index (χ0v) is 29.8. The Morgan fingerprint density at radius 2 is 0.889 bits per heavy atom. The summed E-state index contributed by atoms with van der Waals surface area (Å²) in [5.41, 5.74) is 15.9. The smallest absolute Gasteiger partial charge is 0.119 e. The molecule has 54 heavy (non-hydrogen) atoms. The molecular weight excluding hydrogens is 655 g/mol. The first-order chi connectivity index (χ1) is 26.8. The van der Waals surface area contributed by atoms with Crippen LogP contribution in [-0.2, 0) is 5.41 Å². The highest BCUT2D eigenvalue weighted by molar-refractivity contribution is 6.11. The predicted molar refractivity (Wildman–Crippen MR) is 224 cm³/mol. The molecule has 2 nitrogen and oxygen atoms in total. The molecule has 1 spiro atoms. The van der Waals surface area contributed by atoms with E-state index in [0.29, 0.717) is 0 Å². The minimum absolute atomic E-state index is 0.389. The summed E-state index contributed by atoms with van der Waals surface area (Å²) in [6.07, 6.45) is 0. The van der Waals surface area contributed by atoms with E-state index in [4.69, 9.17) is 4.74 Å². The second-order valence-electron chi connectivity index (χ2n) is 14.4. The van der Waals surface area contributed by atoms with Crippen LogP contribution in [0.2, 0.25) is 0 Å². The summed E-state index contributed by atoms with van der Waals surface area (Å²) in [5, 5.41) is 4.88. The van der Waals surface area contributed by atoms with Crippen LogP contribution in [-0.4, -0.2) is 7.11 Å². The van der Waals surface area contributed by atoms with Gasteiger partial charge in [0, 0.05) is 16.9 Å². The molecule has 9 aromatic rings. The van der Waals surface area contributed by atoms with Gasteiger partial charge in [0.05, 0.1) is 18.2 Å². The van der Waals surface area contributed by atoms with E-state index in [2.05, 4.69) is 199 Å². The van der Waals surface area contributed by atoms with Gasteiger partial charge in [-0.2, -0.15) is 0 Å². The van der Waals surface area contributed by atoms with Crippen LogP contribution in [0.5, 0.6) is 5.75 Å². The second-order valence-corrected chi connectivity index (χ2v) is 14.4. The van der Waals surface area contributed by atoms with Crippen molar-refractivity contribution in [3.63, 3.8) is 0 Å². The van der Waals surface area contributed by atoms with E-state index in [-0.39, 0.29) is 5.41 Å². The van der Waals surface area contributed by atoms with Gasteiger partial charge in [0.15, 0.2) is 0 Å². The predicted octanol–water partition coefficient (Wildman–Crippen LogP) is 13.5. The molecule has 0 fully saturated rings. The number of benzene rings is 9. The van der Waals surface area contributed by atoms with Crippen molar-refractivity contribution >= 4 is 38.6 Å². The second kappa shape index (κ2) is 11.8. The standard InChI is InChI=1S/C52H35NO/c1-54-38-29-26-36(27-30-38)53(50-32-25-35-14-3-5-17-40(35)51(50)44-21-12-15-34-13-2-4-16-39(34)44)37-28-31-49-45(33-37)43-20-8-11-24-48(43)52(49)46-22-9-6-18-41(46)42-19-7-10-23-47(42)52/h2-33H,1H3. The minimum Gasteiger partial charge on any atom is -0.497 e. The number of hydrogen-bond donors (Lipinski definition) is 0. The lowest BCUT2D eigenvalue weighted by Crippen LogP contribution is -2.25. The van der Waals surface area contributed by atoms with E-state index in [1.807, 2.05) is 0 Å². The molecule has 0 amide bonds. The first kappa shape index (κ1) is 30.7. The first-order valence-electron chi connectivity index (χ1n) is 18.6. The maximum absolute atomic E-state index is 5.65. The number of fused-ring (bicyclic) bond motifs is 12. The lowest BCUT2D eigenvalue weighted by atomic mass is 9.70. The molecule has 2 aliphatic rings. The summed E-state index contributed by atoms with van der Waals surface area (Å²) in [6.45, 7) is 0. The van der Waals surface area contributed by atoms with E-state index < -0.39 is 0 Å². The molecule has 0 N–H and O–H groups in total. The Kier molecular flexibility index (Phi) is 6.72. The largest absolute Gasteiger partial charge is 0.497 e. The fraction of sp³-hybridized carbons (Fsp3) is 0.0385. The third-order valence-electron chi connectivity index (χ3n) is 11.8. The third-order valence-corrected chi connectivity index (χ3v) is 11.8. The first-order valence-corrected chi connectivity index (χ1v) is 18.6. The molecule has 0 bridgehead atoms. The van der Waals surface area contributed by atoms with Crippen molar-refractivity contribution in [2.24, 2.45) is 0 Å².